The maximum atomic E-state index is 12.4. The number of H-pyrrole nitrogens is 1. The molecule has 3 amide bonds. The van der Waals surface area contributed by atoms with Crippen LogP contribution in [0.25, 0.3) is 0 Å². The highest BCUT2D eigenvalue weighted by molar-refractivity contribution is 5.80. The number of piperazine rings is 1. The number of carbonyl (C=O) groups is 2. The molecule has 0 saturated carbocycles. The van der Waals surface area contributed by atoms with Crippen LogP contribution in [0.3, 0.4) is 0 Å². The monoisotopic (exact) mass is 320 g/mol. The highest BCUT2D eigenvalue weighted by Gasteiger charge is 2.26. The van der Waals surface area contributed by atoms with E-state index in [-0.39, 0.29) is 17.5 Å². The maximum Gasteiger partial charge on any atom is 0.317 e. The molecule has 2 N–H and O–H groups in total. The summed E-state index contributed by atoms with van der Waals surface area (Å²) in [5.41, 5.74) is 2.95. The third-order valence-corrected chi connectivity index (χ3v) is 4.00. The van der Waals surface area contributed by atoms with Crippen molar-refractivity contribution in [1.29, 1.82) is 0 Å². The molecule has 2 rings (SSSR count). The number of hydrogen-bond acceptors (Lipinski definition) is 2. The Morgan fingerprint density at radius 2 is 1.70 bits per heavy atom. The van der Waals surface area contributed by atoms with Gasteiger partial charge in [0.2, 0.25) is 5.91 Å². The molecule has 1 fully saturated rings. The zero-order valence-corrected chi connectivity index (χ0v) is 14.8. The van der Waals surface area contributed by atoms with Crippen LogP contribution in [0.2, 0.25) is 0 Å². The molecule has 23 heavy (non-hydrogen) atoms. The molecule has 0 aromatic carbocycles. The van der Waals surface area contributed by atoms with E-state index in [1.165, 1.54) is 0 Å². The molecule has 1 aliphatic rings. The van der Waals surface area contributed by atoms with E-state index in [9.17, 15) is 9.59 Å². The summed E-state index contributed by atoms with van der Waals surface area (Å²) in [6, 6.07) is 1.97. The predicted octanol–water partition coefficient (Wildman–Crippen LogP) is 1.83. The third kappa shape index (κ3) is 4.74. The zero-order valence-electron chi connectivity index (χ0n) is 14.8. The summed E-state index contributed by atoms with van der Waals surface area (Å²) in [4.78, 5) is 31.4. The van der Waals surface area contributed by atoms with Crippen LogP contribution in [0, 0.1) is 13.8 Å². The van der Waals surface area contributed by atoms with E-state index in [1.807, 2.05) is 45.6 Å². The zero-order chi connectivity index (χ0) is 17.2. The lowest BCUT2D eigenvalue weighted by Crippen LogP contribution is -2.56. The minimum Gasteiger partial charge on any atom is -0.362 e. The summed E-state index contributed by atoms with van der Waals surface area (Å²) < 4.78 is 0. The van der Waals surface area contributed by atoms with Gasteiger partial charge in [-0.1, -0.05) is 0 Å². The van der Waals surface area contributed by atoms with Crippen molar-refractivity contribution in [2.75, 3.05) is 26.2 Å². The maximum absolute atomic E-state index is 12.4. The summed E-state index contributed by atoms with van der Waals surface area (Å²) in [5.74, 6) is 0.128. The minimum atomic E-state index is -0.242. The molecule has 1 aromatic rings. The molecular weight excluding hydrogens is 292 g/mol. The summed E-state index contributed by atoms with van der Waals surface area (Å²) >= 11 is 0. The van der Waals surface area contributed by atoms with Crippen LogP contribution in [0.4, 0.5) is 4.79 Å². The number of nitrogens with one attached hydrogen (secondary N) is 2. The van der Waals surface area contributed by atoms with Gasteiger partial charge in [0.15, 0.2) is 0 Å². The van der Waals surface area contributed by atoms with Crippen molar-refractivity contribution in [3.63, 3.8) is 0 Å². The van der Waals surface area contributed by atoms with E-state index in [2.05, 4.69) is 10.3 Å². The topological polar surface area (TPSA) is 68.4 Å². The first-order chi connectivity index (χ1) is 10.7. The largest absolute Gasteiger partial charge is 0.362 e. The Morgan fingerprint density at radius 1 is 1.13 bits per heavy atom. The molecule has 128 valence electrons. The van der Waals surface area contributed by atoms with E-state index < -0.39 is 0 Å². The third-order valence-electron chi connectivity index (χ3n) is 4.00. The molecular formula is C17H28N4O2. The highest BCUT2D eigenvalue weighted by atomic mass is 16.2. The summed E-state index contributed by atoms with van der Waals surface area (Å²) in [7, 11) is 0. The SMILES string of the molecule is Cc1cc(CC(=O)N2CCN(C(=O)NC(C)(C)C)CC2)c(C)[nH]1. The summed E-state index contributed by atoms with van der Waals surface area (Å²) in [6.07, 6.45) is 0.421. The lowest BCUT2D eigenvalue weighted by molar-refractivity contribution is -0.131. The lowest BCUT2D eigenvalue weighted by atomic mass is 10.1. The molecule has 1 aromatic heterocycles. The van der Waals surface area contributed by atoms with E-state index in [0.29, 0.717) is 32.6 Å². The number of hydrogen-bond donors (Lipinski definition) is 2. The fourth-order valence-electron chi connectivity index (χ4n) is 2.80. The Balaban J connectivity index is 1.85. The average molecular weight is 320 g/mol. The Kier molecular flexibility index (Phi) is 5.02. The Labute approximate surface area is 138 Å². The summed E-state index contributed by atoms with van der Waals surface area (Å²) in [6.45, 7) is 12.2. The fraction of sp³-hybridized carbons (Fsp3) is 0.647. The Morgan fingerprint density at radius 3 is 2.17 bits per heavy atom. The molecule has 0 radical (unpaired) electrons. The molecule has 2 heterocycles. The average Bonchev–Trinajstić information content (AvgIpc) is 2.75. The van der Waals surface area contributed by atoms with Crippen molar-refractivity contribution in [2.24, 2.45) is 0 Å². The predicted molar refractivity (Wildman–Crippen MR) is 90.4 cm³/mol. The Hall–Kier alpha value is -1.98. The van der Waals surface area contributed by atoms with Crippen molar-refractivity contribution in [3.05, 3.63) is 23.0 Å². The number of rotatable bonds is 2. The number of aryl methyl sites for hydroxylation is 2. The molecule has 0 aliphatic carbocycles. The number of amides is 3. The van der Waals surface area contributed by atoms with Crippen LogP contribution in [-0.2, 0) is 11.2 Å². The standard InChI is InChI=1S/C17H28N4O2/c1-12-10-14(13(2)18-12)11-15(22)20-6-8-21(9-7-20)16(23)19-17(3,4)5/h10,18H,6-9,11H2,1-5H3,(H,19,23). The Bertz CT molecular complexity index is 578. The van der Waals surface area contributed by atoms with Gasteiger partial charge in [0, 0.05) is 43.1 Å². The van der Waals surface area contributed by atoms with Gasteiger partial charge in [-0.05, 0) is 46.2 Å². The molecule has 6 nitrogen and oxygen atoms in total. The van der Waals surface area contributed by atoms with E-state index >= 15 is 0 Å². The van der Waals surface area contributed by atoms with E-state index in [1.54, 1.807) is 4.90 Å². The molecule has 0 unspecified atom stereocenters. The van der Waals surface area contributed by atoms with Crippen LogP contribution in [0.15, 0.2) is 6.07 Å². The van der Waals surface area contributed by atoms with Crippen LogP contribution in [0.5, 0.6) is 0 Å². The van der Waals surface area contributed by atoms with E-state index in [0.717, 1.165) is 17.0 Å². The van der Waals surface area contributed by atoms with Crippen molar-refractivity contribution >= 4 is 11.9 Å². The fourth-order valence-corrected chi connectivity index (χ4v) is 2.80. The van der Waals surface area contributed by atoms with Crippen LogP contribution < -0.4 is 5.32 Å². The first-order valence-corrected chi connectivity index (χ1v) is 8.15. The normalized spacial score (nSPS) is 15.7. The molecule has 6 heteroatoms. The van der Waals surface area contributed by atoms with Crippen molar-refractivity contribution in [2.45, 2.75) is 46.6 Å². The van der Waals surface area contributed by atoms with Crippen molar-refractivity contribution < 1.29 is 9.59 Å². The van der Waals surface area contributed by atoms with Gasteiger partial charge in [-0.15, -0.1) is 0 Å². The summed E-state index contributed by atoms with van der Waals surface area (Å²) in [5, 5.41) is 2.96. The molecule has 0 atom stereocenters. The van der Waals surface area contributed by atoms with Gasteiger partial charge in [0.05, 0.1) is 6.42 Å². The molecule has 0 bridgehead atoms. The number of aromatic nitrogens is 1. The van der Waals surface area contributed by atoms with E-state index in [4.69, 9.17) is 0 Å². The quantitative estimate of drug-likeness (QED) is 0.873. The molecule has 1 aliphatic heterocycles. The smallest absolute Gasteiger partial charge is 0.317 e. The second kappa shape index (κ2) is 6.64. The highest BCUT2D eigenvalue weighted by Crippen LogP contribution is 2.13. The van der Waals surface area contributed by atoms with Gasteiger partial charge >= 0.3 is 6.03 Å². The van der Waals surface area contributed by atoms with Gasteiger partial charge in [0.1, 0.15) is 0 Å². The van der Waals surface area contributed by atoms with Gasteiger partial charge in [-0.3, -0.25) is 4.79 Å². The van der Waals surface area contributed by atoms with Crippen molar-refractivity contribution in [3.8, 4) is 0 Å². The van der Waals surface area contributed by atoms with Crippen LogP contribution in [-0.4, -0.2) is 58.4 Å². The number of aromatic amines is 1. The molecule has 1 saturated heterocycles. The van der Waals surface area contributed by atoms with Gasteiger partial charge < -0.3 is 20.1 Å². The van der Waals surface area contributed by atoms with Crippen LogP contribution >= 0.6 is 0 Å². The first kappa shape index (κ1) is 17.4. The minimum absolute atomic E-state index is 0.0540. The first-order valence-electron chi connectivity index (χ1n) is 8.15. The second-order valence-electron chi connectivity index (χ2n) is 7.33. The van der Waals surface area contributed by atoms with Gasteiger partial charge in [0.25, 0.3) is 0 Å². The lowest BCUT2D eigenvalue weighted by Gasteiger charge is -2.36. The number of urea groups is 1. The molecule has 0 spiro atoms. The van der Waals surface area contributed by atoms with Gasteiger partial charge in [-0.2, -0.15) is 0 Å². The van der Waals surface area contributed by atoms with Crippen molar-refractivity contribution in [1.82, 2.24) is 20.1 Å². The number of nitrogens with zero attached hydrogens (tertiary/aromatic N) is 2. The van der Waals surface area contributed by atoms with Gasteiger partial charge in [-0.25, -0.2) is 4.79 Å². The number of carbonyl (C=O) groups excluding carboxylic acids is 2. The van der Waals surface area contributed by atoms with Crippen LogP contribution in [0.1, 0.15) is 37.7 Å². The second-order valence-corrected chi connectivity index (χ2v) is 7.33.